The molecule has 0 aromatic rings. The third kappa shape index (κ3) is 2.69. The minimum atomic E-state index is -0.660. The van der Waals surface area contributed by atoms with Gasteiger partial charge in [0.1, 0.15) is 0 Å². The number of rotatable bonds is 4. The van der Waals surface area contributed by atoms with Crippen LogP contribution < -0.4 is 0 Å². The molecule has 0 bridgehead atoms. The second-order valence-corrected chi connectivity index (χ2v) is 5.12. The zero-order chi connectivity index (χ0) is 11.6. The van der Waals surface area contributed by atoms with Crippen LogP contribution in [-0.2, 0) is 4.79 Å². The molecule has 1 rings (SSSR count). The fraction of sp³-hybridized carbons (Fsp3) is 0.909. The van der Waals surface area contributed by atoms with Crippen molar-refractivity contribution >= 4 is 5.97 Å². The predicted octanol–water partition coefficient (Wildman–Crippen LogP) is 0.733. The normalized spacial score (nSPS) is 26.1. The molecule has 0 amide bonds. The largest absolute Gasteiger partial charge is 0.481 e. The molecular formula is C11H22N2O2. The molecule has 4 heteroatoms. The van der Waals surface area contributed by atoms with E-state index in [0.29, 0.717) is 0 Å². The van der Waals surface area contributed by atoms with E-state index in [2.05, 4.69) is 9.80 Å². The molecule has 1 N–H and O–H groups in total. The Morgan fingerprint density at radius 1 is 1.53 bits per heavy atom. The van der Waals surface area contributed by atoms with Gasteiger partial charge < -0.3 is 10.0 Å². The Kier molecular flexibility index (Phi) is 3.73. The number of nitrogens with zero attached hydrogens (tertiary/aromatic N) is 2. The summed E-state index contributed by atoms with van der Waals surface area (Å²) in [7, 11) is 4.08. The molecule has 88 valence electrons. The van der Waals surface area contributed by atoms with Gasteiger partial charge in [0.25, 0.3) is 0 Å². The lowest BCUT2D eigenvalue weighted by atomic mass is 9.88. The number of likely N-dealkylation sites (N-methyl/N-ethyl adjacent to an activating group) is 1. The average Bonchev–Trinajstić information content (AvgIpc) is 2.37. The van der Waals surface area contributed by atoms with Crippen LogP contribution in [-0.4, -0.2) is 60.1 Å². The Hall–Kier alpha value is -0.610. The van der Waals surface area contributed by atoms with E-state index < -0.39 is 5.97 Å². The molecule has 0 aromatic heterocycles. The lowest BCUT2D eigenvalue weighted by Gasteiger charge is -2.35. The van der Waals surface area contributed by atoms with Crippen molar-refractivity contribution in [3.05, 3.63) is 0 Å². The first-order valence-corrected chi connectivity index (χ1v) is 5.48. The number of likely N-dealkylation sites (tertiary alicyclic amines) is 1. The topological polar surface area (TPSA) is 43.8 Å². The van der Waals surface area contributed by atoms with E-state index in [1.165, 1.54) is 0 Å². The van der Waals surface area contributed by atoms with E-state index >= 15 is 0 Å². The van der Waals surface area contributed by atoms with Crippen molar-refractivity contribution in [3.8, 4) is 0 Å². The highest BCUT2D eigenvalue weighted by molar-refractivity contribution is 5.72. The first-order valence-electron chi connectivity index (χ1n) is 5.48. The third-order valence-electron chi connectivity index (χ3n) is 3.47. The smallest absolute Gasteiger partial charge is 0.308 e. The molecule has 1 aliphatic rings. The SMILES string of the molecule is CN(C)CCN1CCC(C(=O)O)C1(C)C. The van der Waals surface area contributed by atoms with Crippen molar-refractivity contribution in [3.63, 3.8) is 0 Å². The van der Waals surface area contributed by atoms with Crippen molar-refractivity contribution in [2.24, 2.45) is 5.92 Å². The van der Waals surface area contributed by atoms with Gasteiger partial charge in [-0.15, -0.1) is 0 Å². The maximum Gasteiger partial charge on any atom is 0.308 e. The number of carbonyl (C=O) groups is 1. The number of hydrogen-bond acceptors (Lipinski definition) is 3. The van der Waals surface area contributed by atoms with Gasteiger partial charge in [0.05, 0.1) is 5.92 Å². The number of hydrogen-bond donors (Lipinski definition) is 1. The van der Waals surface area contributed by atoms with Gasteiger partial charge in [-0.05, 0) is 40.9 Å². The van der Waals surface area contributed by atoms with Crippen LogP contribution in [0.2, 0.25) is 0 Å². The monoisotopic (exact) mass is 214 g/mol. The summed E-state index contributed by atoms with van der Waals surface area (Å²) >= 11 is 0. The van der Waals surface area contributed by atoms with Crippen molar-refractivity contribution in [1.82, 2.24) is 9.80 Å². The summed E-state index contributed by atoms with van der Waals surface area (Å²) in [6.07, 6.45) is 0.774. The average molecular weight is 214 g/mol. The molecule has 4 nitrogen and oxygen atoms in total. The highest BCUT2D eigenvalue weighted by atomic mass is 16.4. The molecule has 1 unspecified atom stereocenters. The molecule has 1 atom stereocenters. The Morgan fingerprint density at radius 2 is 2.13 bits per heavy atom. The summed E-state index contributed by atoms with van der Waals surface area (Å²) in [6.45, 7) is 6.90. The van der Waals surface area contributed by atoms with Crippen LogP contribution in [0.5, 0.6) is 0 Å². The minimum Gasteiger partial charge on any atom is -0.481 e. The van der Waals surface area contributed by atoms with Crippen molar-refractivity contribution in [2.45, 2.75) is 25.8 Å². The van der Waals surface area contributed by atoms with Crippen LogP contribution in [0.1, 0.15) is 20.3 Å². The highest BCUT2D eigenvalue weighted by Crippen LogP contribution is 2.34. The Balaban J connectivity index is 2.58. The van der Waals surface area contributed by atoms with Crippen LogP contribution >= 0.6 is 0 Å². The van der Waals surface area contributed by atoms with E-state index in [0.717, 1.165) is 26.1 Å². The van der Waals surface area contributed by atoms with Gasteiger partial charge >= 0.3 is 5.97 Å². The van der Waals surface area contributed by atoms with E-state index in [4.69, 9.17) is 5.11 Å². The molecule has 15 heavy (non-hydrogen) atoms. The quantitative estimate of drug-likeness (QED) is 0.749. The summed E-state index contributed by atoms with van der Waals surface area (Å²) in [4.78, 5) is 15.5. The summed E-state index contributed by atoms with van der Waals surface area (Å²) in [5.41, 5.74) is -0.207. The summed E-state index contributed by atoms with van der Waals surface area (Å²) < 4.78 is 0. The second kappa shape index (κ2) is 4.49. The van der Waals surface area contributed by atoms with Crippen molar-refractivity contribution in [1.29, 1.82) is 0 Å². The van der Waals surface area contributed by atoms with Crippen LogP contribution in [0, 0.1) is 5.92 Å². The summed E-state index contributed by atoms with van der Waals surface area (Å²) in [5, 5.41) is 9.11. The van der Waals surface area contributed by atoms with Gasteiger partial charge in [0, 0.05) is 18.6 Å². The van der Waals surface area contributed by atoms with Gasteiger partial charge in [-0.1, -0.05) is 0 Å². The Morgan fingerprint density at radius 3 is 2.53 bits per heavy atom. The van der Waals surface area contributed by atoms with E-state index in [1.807, 2.05) is 27.9 Å². The molecule has 0 spiro atoms. The van der Waals surface area contributed by atoms with Crippen molar-refractivity contribution in [2.75, 3.05) is 33.7 Å². The molecule has 0 aliphatic carbocycles. The number of carboxylic acid groups (broad SMARTS) is 1. The molecule has 0 aromatic carbocycles. The van der Waals surface area contributed by atoms with Gasteiger partial charge in [-0.2, -0.15) is 0 Å². The first-order chi connectivity index (χ1) is 6.85. The van der Waals surface area contributed by atoms with Crippen molar-refractivity contribution < 1.29 is 9.90 Å². The zero-order valence-electron chi connectivity index (χ0n) is 10.2. The maximum atomic E-state index is 11.1. The van der Waals surface area contributed by atoms with E-state index in [9.17, 15) is 4.79 Å². The van der Waals surface area contributed by atoms with Crippen LogP contribution in [0.4, 0.5) is 0 Å². The second-order valence-electron chi connectivity index (χ2n) is 5.12. The highest BCUT2D eigenvalue weighted by Gasteiger charge is 2.44. The molecule has 0 radical (unpaired) electrons. The molecule has 1 heterocycles. The summed E-state index contributed by atoms with van der Waals surface area (Å²) in [5.74, 6) is -0.882. The molecular weight excluding hydrogens is 192 g/mol. The lowest BCUT2D eigenvalue weighted by Crippen LogP contribution is -2.47. The third-order valence-corrected chi connectivity index (χ3v) is 3.47. The van der Waals surface area contributed by atoms with E-state index in [1.54, 1.807) is 0 Å². The minimum absolute atomic E-state index is 0.207. The van der Waals surface area contributed by atoms with Gasteiger partial charge in [0.15, 0.2) is 0 Å². The van der Waals surface area contributed by atoms with Gasteiger partial charge in [-0.25, -0.2) is 0 Å². The van der Waals surface area contributed by atoms with Crippen LogP contribution in [0.25, 0.3) is 0 Å². The standard InChI is InChI=1S/C11H22N2O2/c1-11(2)9(10(14)15)5-6-13(11)8-7-12(3)4/h9H,5-8H2,1-4H3,(H,14,15). The zero-order valence-corrected chi connectivity index (χ0v) is 10.2. The molecule has 0 saturated carbocycles. The van der Waals surface area contributed by atoms with Gasteiger partial charge in [0.2, 0.25) is 0 Å². The van der Waals surface area contributed by atoms with Crippen LogP contribution in [0.3, 0.4) is 0 Å². The number of aliphatic carboxylic acids is 1. The summed E-state index contributed by atoms with van der Waals surface area (Å²) in [6, 6.07) is 0. The maximum absolute atomic E-state index is 11.1. The van der Waals surface area contributed by atoms with E-state index in [-0.39, 0.29) is 11.5 Å². The fourth-order valence-electron chi connectivity index (χ4n) is 2.29. The van der Waals surface area contributed by atoms with Gasteiger partial charge in [-0.3, -0.25) is 9.69 Å². The fourth-order valence-corrected chi connectivity index (χ4v) is 2.29. The molecule has 1 saturated heterocycles. The first kappa shape index (κ1) is 12.5. The predicted molar refractivity (Wildman–Crippen MR) is 59.9 cm³/mol. The molecule has 1 fully saturated rings. The lowest BCUT2D eigenvalue weighted by molar-refractivity contribution is -0.144. The van der Waals surface area contributed by atoms with Crippen LogP contribution in [0.15, 0.2) is 0 Å². The number of carboxylic acids is 1. The molecule has 1 aliphatic heterocycles. The Labute approximate surface area is 91.9 Å². The Bertz CT molecular complexity index is 239.